The van der Waals surface area contributed by atoms with Crippen molar-refractivity contribution in [2.24, 2.45) is 0 Å². The van der Waals surface area contributed by atoms with E-state index >= 15 is 0 Å². The van der Waals surface area contributed by atoms with Gasteiger partial charge in [0.25, 0.3) is 11.8 Å². The van der Waals surface area contributed by atoms with Crippen LogP contribution in [0.25, 0.3) is 0 Å². The molecule has 2 fully saturated rings. The summed E-state index contributed by atoms with van der Waals surface area (Å²) in [6, 6.07) is 4.27. The second-order valence-electron chi connectivity index (χ2n) is 9.10. The van der Waals surface area contributed by atoms with Crippen LogP contribution in [-0.2, 0) is 9.53 Å². The lowest BCUT2D eigenvalue weighted by Gasteiger charge is -2.16. The van der Waals surface area contributed by atoms with Gasteiger partial charge in [0.1, 0.15) is 28.9 Å². The Kier molecular flexibility index (Phi) is 6.74. The maximum absolute atomic E-state index is 13.3. The standard InChI is InChI=1S/C23H26F2N4O7/c1-22(11-23(22,24)25)27-21(33)36-13-4-3-12(5-13)16-8-19(29-28-16)26-20(32)10-35-18-7-14(34-2)6-17(31)15(18)9-30/h6-9,12-13,31H,3-5,10-11H2,1-2H3,(H,27,33)(H2,26,28,29,32)/t12?,13-,22?/m1/s1. The van der Waals surface area contributed by atoms with Crippen molar-refractivity contribution in [2.75, 3.05) is 19.0 Å². The monoisotopic (exact) mass is 508 g/mol. The zero-order chi connectivity index (χ0) is 26.1. The molecular weight excluding hydrogens is 482 g/mol. The number of hydrogen-bond donors (Lipinski definition) is 4. The fourth-order valence-electron chi connectivity index (χ4n) is 4.15. The summed E-state index contributed by atoms with van der Waals surface area (Å²) in [5, 5.41) is 21.6. The second kappa shape index (κ2) is 9.63. The number of carbonyl (C=O) groups is 3. The molecule has 4 rings (SSSR count). The van der Waals surface area contributed by atoms with E-state index in [1.807, 2.05) is 0 Å². The molecule has 2 amide bonds. The summed E-state index contributed by atoms with van der Waals surface area (Å²) in [4.78, 5) is 35.5. The van der Waals surface area contributed by atoms with Crippen molar-refractivity contribution < 1.29 is 42.5 Å². The lowest BCUT2D eigenvalue weighted by Crippen LogP contribution is -2.40. The predicted octanol–water partition coefficient (Wildman–Crippen LogP) is 3.11. The van der Waals surface area contributed by atoms with Gasteiger partial charge in [-0.15, -0.1) is 0 Å². The highest BCUT2D eigenvalue weighted by Gasteiger charge is 2.69. The van der Waals surface area contributed by atoms with Crippen molar-refractivity contribution >= 4 is 24.1 Å². The smallest absolute Gasteiger partial charge is 0.408 e. The van der Waals surface area contributed by atoms with Gasteiger partial charge in [-0.25, -0.2) is 13.6 Å². The number of alkyl halides is 2. The van der Waals surface area contributed by atoms with E-state index in [9.17, 15) is 28.3 Å². The van der Waals surface area contributed by atoms with Crippen LogP contribution in [0.1, 0.15) is 54.6 Å². The number of amides is 2. The third-order valence-electron chi connectivity index (χ3n) is 6.41. The molecule has 11 nitrogen and oxygen atoms in total. The number of rotatable bonds is 9. The summed E-state index contributed by atoms with van der Waals surface area (Å²) >= 11 is 0. The summed E-state index contributed by atoms with van der Waals surface area (Å²) in [5.41, 5.74) is -0.944. The van der Waals surface area contributed by atoms with Crippen molar-refractivity contribution in [3.8, 4) is 17.2 Å². The second-order valence-corrected chi connectivity index (χ2v) is 9.10. The minimum absolute atomic E-state index is 0.0138. The van der Waals surface area contributed by atoms with Gasteiger partial charge in [0.05, 0.1) is 12.7 Å². The number of methoxy groups -OCH3 is 1. The van der Waals surface area contributed by atoms with Crippen molar-refractivity contribution in [1.29, 1.82) is 0 Å². The maximum atomic E-state index is 13.3. The molecule has 0 radical (unpaired) electrons. The van der Waals surface area contributed by atoms with Gasteiger partial charge in [0.15, 0.2) is 18.7 Å². The normalized spacial score (nSPS) is 24.0. The molecule has 0 spiro atoms. The summed E-state index contributed by atoms with van der Waals surface area (Å²) in [7, 11) is 1.38. The average molecular weight is 508 g/mol. The molecule has 1 heterocycles. The minimum Gasteiger partial charge on any atom is -0.507 e. The summed E-state index contributed by atoms with van der Waals surface area (Å²) in [6.07, 6.45) is 0.436. The Morgan fingerprint density at radius 2 is 2.06 bits per heavy atom. The van der Waals surface area contributed by atoms with E-state index in [1.165, 1.54) is 26.2 Å². The molecule has 4 N–H and O–H groups in total. The first kappa shape index (κ1) is 25.2. The van der Waals surface area contributed by atoms with E-state index in [0.29, 0.717) is 25.5 Å². The average Bonchev–Trinajstić information content (AvgIpc) is 3.23. The van der Waals surface area contributed by atoms with E-state index in [-0.39, 0.29) is 34.5 Å². The van der Waals surface area contributed by atoms with Gasteiger partial charge >= 0.3 is 6.09 Å². The third-order valence-corrected chi connectivity index (χ3v) is 6.41. The Labute approximate surface area is 204 Å². The molecular formula is C23H26F2N4O7. The largest absolute Gasteiger partial charge is 0.507 e. The van der Waals surface area contributed by atoms with Gasteiger partial charge < -0.3 is 30.0 Å². The topological polar surface area (TPSA) is 152 Å². The van der Waals surface area contributed by atoms with Gasteiger partial charge in [-0.05, 0) is 26.2 Å². The first-order valence-electron chi connectivity index (χ1n) is 11.2. The van der Waals surface area contributed by atoms with E-state index < -0.39 is 42.6 Å². The molecule has 1 aromatic carbocycles. The predicted molar refractivity (Wildman–Crippen MR) is 121 cm³/mol. The van der Waals surface area contributed by atoms with Crippen molar-refractivity contribution in [3.05, 3.63) is 29.5 Å². The van der Waals surface area contributed by atoms with Crippen LogP contribution in [0, 0.1) is 0 Å². The maximum Gasteiger partial charge on any atom is 0.408 e. The number of aromatic nitrogens is 2. The fourth-order valence-corrected chi connectivity index (χ4v) is 4.15. The highest BCUT2D eigenvalue weighted by atomic mass is 19.3. The molecule has 2 unspecified atom stereocenters. The number of nitrogens with zero attached hydrogens (tertiary/aromatic N) is 1. The van der Waals surface area contributed by atoms with Crippen LogP contribution in [0.3, 0.4) is 0 Å². The van der Waals surface area contributed by atoms with Crippen LogP contribution in [0.2, 0.25) is 0 Å². The molecule has 2 aliphatic rings. The number of benzene rings is 1. The lowest BCUT2D eigenvalue weighted by atomic mass is 10.0. The van der Waals surface area contributed by atoms with Gasteiger partial charge in [-0.1, -0.05) is 0 Å². The van der Waals surface area contributed by atoms with Gasteiger partial charge in [-0.2, -0.15) is 5.10 Å². The molecule has 0 saturated heterocycles. The van der Waals surface area contributed by atoms with Crippen LogP contribution >= 0.6 is 0 Å². The Hall–Kier alpha value is -3.90. The zero-order valence-electron chi connectivity index (χ0n) is 19.6. The lowest BCUT2D eigenvalue weighted by molar-refractivity contribution is -0.118. The summed E-state index contributed by atoms with van der Waals surface area (Å²) in [6.45, 7) is 0.820. The van der Waals surface area contributed by atoms with Gasteiger partial charge in [-0.3, -0.25) is 14.7 Å². The van der Waals surface area contributed by atoms with Gasteiger partial charge in [0.2, 0.25) is 0 Å². The molecule has 3 atom stereocenters. The zero-order valence-corrected chi connectivity index (χ0v) is 19.6. The van der Waals surface area contributed by atoms with Crippen molar-refractivity contribution in [2.45, 2.75) is 56.1 Å². The Balaban J connectivity index is 1.26. The van der Waals surface area contributed by atoms with Gasteiger partial charge in [0, 0.05) is 36.2 Å². The SMILES string of the molecule is COc1cc(O)c(C=O)c(OCC(=O)Nc2cc(C3CC[C@@H](OC(=O)NC4(C)CC4(F)F)C3)[nH]n2)c1. The number of aromatic hydroxyl groups is 1. The van der Waals surface area contributed by atoms with E-state index in [4.69, 9.17) is 14.2 Å². The Bertz CT molecular complexity index is 1170. The van der Waals surface area contributed by atoms with E-state index in [0.717, 1.165) is 5.69 Å². The molecule has 36 heavy (non-hydrogen) atoms. The van der Waals surface area contributed by atoms with Crippen molar-refractivity contribution in [3.63, 3.8) is 0 Å². The molecule has 13 heteroatoms. The molecule has 2 aromatic rings. The quantitative estimate of drug-likeness (QED) is 0.377. The molecule has 0 bridgehead atoms. The summed E-state index contributed by atoms with van der Waals surface area (Å²) < 4.78 is 42.3. The van der Waals surface area contributed by atoms with Crippen LogP contribution < -0.4 is 20.1 Å². The Morgan fingerprint density at radius 3 is 2.72 bits per heavy atom. The van der Waals surface area contributed by atoms with E-state index in [1.54, 1.807) is 6.07 Å². The van der Waals surface area contributed by atoms with Crippen LogP contribution in [0.4, 0.5) is 19.4 Å². The third kappa shape index (κ3) is 5.34. The number of anilines is 1. The molecule has 1 aromatic heterocycles. The molecule has 2 saturated carbocycles. The number of aromatic amines is 1. The minimum atomic E-state index is -2.92. The number of nitrogens with one attached hydrogen (secondary N) is 3. The number of hydrogen-bond acceptors (Lipinski definition) is 8. The fraction of sp³-hybridized carbons (Fsp3) is 0.478. The highest BCUT2D eigenvalue weighted by Crippen LogP contribution is 2.52. The molecule has 0 aliphatic heterocycles. The van der Waals surface area contributed by atoms with Crippen molar-refractivity contribution in [1.82, 2.24) is 15.5 Å². The number of halogens is 2. The highest BCUT2D eigenvalue weighted by molar-refractivity contribution is 5.91. The number of aldehydes is 1. The first-order valence-corrected chi connectivity index (χ1v) is 11.2. The van der Waals surface area contributed by atoms with Crippen LogP contribution in [-0.4, -0.2) is 64.9 Å². The van der Waals surface area contributed by atoms with E-state index in [2.05, 4.69) is 20.8 Å². The Morgan fingerprint density at radius 1 is 1.31 bits per heavy atom. The first-order chi connectivity index (χ1) is 17.0. The number of phenols is 1. The number of alkyl carbamates (subject to hydrolysis) is 1. The number of H-pyrrole nitrogens is 1. The molecule has 2 aliphatic carbocycles. The number of ether oxygens (including phenoxy) is 3. The summed E-state index contributed by atoms with van der Waals surface area (Å²) in [5.74, 6) is -3.35. The number of phenolic OH excluding ortho intramolecular Hbond substituents is 1. The number of carbonyl (C=O) groups excluding carboxylic acids is 3. The van der Waals surface area contributed by atoms with Crippen LogP contribution in [0.5, 0.6) is 17.2 Å². The molecule has 194 valence electrons. The van der Waals surface area contributed by atoms with Crippen LogP contribution in [0.15, 0.2) is 18.2 Å².